The molecule has 1 aromatic carbocycles. The van der Waals surface area contributed by atoms with Crippen LogP contribution in [0.4, 0.5) is 0 Å². The van der Waals surface area contributed by atoms with Crippen LogP contribution in [0.1, 0.15) is 54.4 Å². The highest BCUT2D eigenvalue weighted by atomic mass is 16.5. The van der Waals surface area contributed by atoms with Gasteiger partial charge in [0.1, 0.15) is 12.7 Å². The summed E-state index contributed by atoms with van der Waals surface area (Å²) >= 11 is 0. The van der Waals surface area contributed by atoms with Gasteiger partial charge in [-0.25, -0.2) is 4.98 Å². The van der Waals surface area contributed by atoms with Crippen molar-refractivity contribution in [3.63, 3.8) is 0 Å². The van der Waals surface area contributed by atoms with E-state index in [-0.39, 0.29) is 31.4 Å². The molecule has 1 aromatic heterocycles. The molecule has 9 nitrogen and oxygen atoms in total. The summed E-state index contributed by atoms with van der Waals surface area (Å²) in [6.07, 6.45) is 2.87. The molecule has 2 aromatic rings. The van der Waals surface area contributed by atoms with Crippen LogP contribution in [-0.2, 0) is 16.1 Å². The SMILES string of the molecule is COc1cc(C(=O)N2CCCCC3(CCN(Cc4ccccc4)CC3)C(=O)OC[C@@H](O)[C@@H](O)CC2)ccn1. The average Bonchev–Trinajstić information content (AvgIpc) is 2.96. The van der Waals surface area contributed by atoms with Crippen molar-refractivity contribution >= 4 is 11.9 Å². The largest absolute Gasteiger partial charge is 0.481 e. The maximum absolute atomic E-state index is 13.3. The van der Waals surface area contributed by atoms with E-state index in [1.165, 1.54) is 18.9 Å². The average molecular weight is 526 g/mol. The van der Waals surface area contributed by atoms with Gasteiger partial charge in [-0.3, -0.25) is 14.5 Å². The minimum absolute atomic E-state index is 0.173. The number of aliphatic hydroxyl groups excluding tert-OH is 2. The van der Waals surface area contributed by atoms with Crippen LogP contribution < -0.4 is 4.74 Å². The first-order valence-electron chi connectivity index (χ1n) is 13.5. The molecule has 1 spiro atoms. The Hall–Kier alpha value is -3.01. The van der Waals surface area contributed by atoms with Crippen molar-refractivity contribution in [3.8, 4) is 5.88 Å². The van der Waals surface area contributed by atoms with E-state index in [0.717, 1.165) is 32.5 Å². The topological polar surface area (TPSA) is 112 Å². The molecule has 2 aliphatic heterocycles. The minimum Gasteiger partial charge on any atom is -0.481 e. The Morgan fingerprint density at radius 1 is 1.05 bits per heavy atom. The zero-order valence-corrected chi connectivity index (χ0v) is 22.1. The Balaban J connectivity index is 1.44. The lowest BCUT2D eigenvalue weighted by molar-refractivity contribution is -0.165. The molecule has 0 aliphatic carbocycles. The summed E-state index contributed by atoms with van der Waals surface area (Å²) in [6.45, 7) is 2.90. The number of ether oxygens (including phenoxy) is 2. The molecule has 206 valence electrons. The van der Waals surface area contributed by atoms with E-state index in [1.54, 1.807) is 17.0 Å². The van der Waals surface area contributed by atoms with Crippen LogP contribution in [0.15, 0.2) is 48.7 Å². The summed E-state index contributed by atoms with van der Waals surface area (Å²) in [5.74, 6) is -0.119. The first kappa shape index (κ1) is 28.0. The van der Waals surface area contributed by atoms with E-state index in [9.17, 15) is 19.8 Å². The van der Waals surface area contributed by atoms with Crippen molar-refractivity contribution in [3.05, 3.63) is 59.8 Å². The molecular weight excluding hydrogens is 486 g/mol. The standard InChI is InChI=1S/C29H39N3O6/c1-37-26-19-23(9-14-30-26)27(35)32-15-6-5-11-29(28(36)38-21-25(34)24(33)10-16-32)12-17-31(18-13-29)20-22-7-3-2-4-8-22/h2-4,7-9,14,19,24-25,33-34H,5-6,10-13,15-18,20-21H2,1H3/t24-,25+/m0/s1. The van der Waals surface area contributed by atoms with E-state index in [1.807, 2.05) is 18.2 Å². The van der Waals surface area contributed by atoms with Gasteiger partial charge in [0.25, 0.3) is 5.91 Å². The highest BCUT2D eigenvalue weighted by molar-refractivity contribution is 5.94. The first-order chi connectivity index (χ1) is 18.4. The number of carbonyl (C=O) groups excluding carboxylic acids is 2. The third kappa shape index (κ3) is 7.09. The number of piperidine rings is 1. The molecule has 0 saturated carbocycles. The van der Waals surface area contributed by atoms with Crippen molar-refractivity contribution < 1.29 is 29.3 Å². The van der Waals surface area contributed by atoms with E-state index < -0.39 is 17.6 Å². The summed E-state index contributed by atoms with van der Waals surface area (Å²) in [7, 11) is 1.50. The van der Waals surface area contributed by atoms with Gasteiger partial charge in [0.15, 0.2) is 0 Å². The van der Waals surface area contributed by atoms with Crippen LogP contribution in [0, 0.1) is 5.41 Å². The highest BCUT2D eigenvalue weighted by Crippen LogP contribution is 2.38. The fraction of sp³-hybridized carbons (Fsp3) is 0.552. The fourth-order valence-corrected chi connectivity index (χ4v) is 5.36. The molecule has 3 heterocycles. The monoisotopic (exact) mass is 525 g/mol. The predicted molar refractivity (Wildman–Crippen MR) is 142 cm³/mol. The smallest absolute Gasteiger partial charge is 0.312 e. The Bertz CT molecular complexity index is 1060. The van der Waals surface area contributed by atoms with Gasteiger partial charge in [-0.1, -0.05) is 36.8 Å². The molecule has 0 bridgehead atoms. The molecule has 0 unspecified atom stereocenters. The number of hydrogen-bond acceptors (Lipinski definition) is 8. The second-order valence-electron chi connectivity index (χ2n) is 10.4. The van der Waals surface area contributed by atoms with Crippen LogP contribution in [0.25, 0.3) is 0 Å². The number of rotatable bonds is 4. The number of cyclic esters (lactones) is 1. The molecule has 2 atom stereocenters. The lowest BCUT2D eigenvalue weighted by Crippen LogP contribution is -2.45. The van der Waals surface area contributed by atoms with Gasteiger partial charge in [0.05, 0.1) is 18.6 Å². The van der Waals surface area contributed by atoms with Gasteiger partial charge in [-0.2, -0.15) is 0 Å². The van der Waals surface area contributed by atoms with Crippen LogP contribution in [0.5, 0.6) is 5.88 Å². The summed E-state index contributed by atoms with van der Waals surface area (Å²) in [5.41, 5.74) is 1.07. The van der Waals surface area contributed by atoms with Crippen molar-refractivity contribution in [1.82, 2.24) is 14.8 Å². The Morgan fingerprint density at radius 2 is 1.82 bits per heavy atom. The Kier molecular flexibility index (Phi) is 9.71. The molecule has 9 heteroatoms. The Labute approximate surface area is 224 Å². The normalized spacial score (nSPS) is 23.6. The second kappa shape index (κ2) is 13.2. The Morgan fingerprint density at radius 3 is 2.55 bits per heavy atom. The van der Waals surface area contributed by atoms with Crippen molar-refractivity contribution in [2.24, 2.45) is 5.41 Å². The molecule has 2 aliphatic rings. The number of aromatic nitrogens is 1. The lowest BCUT2D eigenvalue weighted by Gasteiger charge is -2.40. The summed E-state index contributed by atoms with van der Waals surface area (Å²) in [5, 5.41) is 21.0. The van der Waals surface area contributed by atoms with Gasteiger partial charge in [-0.15, -0.1) is 0 Å². The van der Waals surface area contributed by atoms with Gasteiger partial charge >= 0.3 is 5.97 Å². The number of likely N-dealkylation sites (tertiary alicyclic amines) is 1. The number of nitrogens with zero attached hydrogens (tertiary/aromatic N) is 3. The van der Waals surface area contributed by atoms with E-state index in [2.05, 4.69) is 22.0 Å². The summed E-state index contributed by atoms with van der Waals surface area (Å²) in [4.78, 5) is 34.7. The number of esters is 1. The van der Waals surface area contributed by atoms with Crippen molar-refractivity contribution in [1.29, 1.82) is 0 Å². The summed E-state index contributed by atoms with van der Waals surface area (Å²) in [6, 6.07) is 13.5. The van der Waals surface area contributed by atoms with E-state index >= 15 is 0 Å². The lowest BCUT2D eigenvalue weighted by atomic mass is 9.74. The van der Waals surface area contributed by atoms with Crippen LogP contribution in [0.2, 0.25) is 0 Å². The molecule has 2 N–H and O–H groups in total. The number of hydrogen-bond donors (Lipinski definition) is 2. The van der Waals surface area contributed by atoms with Crippen LogP contribution in [0.3, 0.4) is 0 Å². The van der Waals surface area contributed by atoms with Gasteiger partial charge in [0.2, 0.25) is 5.88 Å². The third-order valence-electron chi connectivity index (χ3n) is 7.83. The molecular formula is C29H39N3O6. The maximum Gasteiger partial charge on any atom is 0.312 e. The zero-order chi connectivity index (χ0) is 27.0. The van der Waals surface area contributed by atoms with Crippen molar-refractivity contribution in [2.75, 3.05) is 39.9 Å². The van der Waals surface area contributed by atoms with Crippen LogP contribution in [-0.4, -0.2) is 89.0 Å². The first-order valence-corrected chi connectivity index (χ1v) is 13.5. The number of methoxy groups -OCH3 is 1. The van der Waals surface area contributed by atoms with Crippen molar-refractivity contribution in [2.45, 2.75) is 57.3 Å². The van der Waals surface area contributed by atoms with Crippen LogP contribution >= 0.6 is 0 Å². The highest BCUT2D eigenvalue weighted by Gasteiger charge is 2.42. The van der Waals surface area contributed by atoms with E-state index in [4.69, 9.17) is 9.47 Å². The number of benzene rings is 1. The molecule has 1 amide bonds. The van der Waals surface area contributed by atoms with E-state index in [0.29, 0.717) is 37.3 Å². The molecule has 38 heavy (non-hydrogen) atoms. The molecule has 4 rings (SSSR count). The zero-order valence-electron chi connectivity index (χ0n) is 22.1. The summed E-state index contributed by atoms with van der Waals surface area (Å²) < 4.78 is 10.7. The quantitative estimate of drug-likeness (QED) is 0.586. The predicted octanol–water partition coefficient (Wildman–Crippen LogP) is 2.65. The number of amides is 1. The fourth-order valence-electron chi connectivity index (χ4n) is 5.36. The van der Waals surface area contributed by atoms with Gasteiger partial charge in [0, 0.05) is 37.5 Å². The number of aliphatic hydroxyl groups is 2. The molecule has 2 saturated heterocycles. The molecule has 0 radical (unpaired) electrons. The third-order valence-corrected chi connectivity index (χ3v) is 7.83. The van der Waals surface area contributed by atoms with Gasteiger partial charge in [-0.05, 0) is 56.8 Å². The second-order valence-corrected chi connectivity index (χ2v) is 10.4. The molecule has 2 fully saturated rings. The number of pyridine rings is 1. The van der Waals surface area contributed by atoms with Gasteiger partial charge < -0.3 is 24.6 Å². The number of carbonyl (C=O) groups is 2. The minimum atomic E-state index is -1.21. The maximum atomic E-state index is 13.3.